The highest BCUT2D eigenvalue weighted by Gasteiger charge is 2.55. The number of amides is 1. The van der Waals surface area contributed by atoms with Gasteiger partial charge in [0.2, 0.25) is 0 Å². The van der Waals surface area contributed by atoms with E-state index >= 15 is 0 Å². The summed E-state index contributed by atoms with van der Waals surface area (Å²) in [6.45, 7) is 6.68. The van der Waals surface area contributed by atoms with Crippen molar-refractivity contribution in [3.63, 3.8) is 0 Å². The number of likely N-dealkylation sites (tertiary alicyclic amines) is 1. The largest absolute Gasteiger partial charge is 0.492 e. The van der Waals surface area contributed by atoms with Crippen molar-refractivity contribution >= 4 is 35.1 Å². The summed E-state index contributed by atoms with van der Waals surface area (Å²) in [6.07, 6.45) is -1.43. The van der Waals surface area contributed by atoms with Gasteiger partial charge < -0.3 is 45.9 Å². The number of halogens is 1. The fraction of sp³-hybridized carbons (Fsp3) is 0.640. The van der Waals surface area contributed by atoms with Gasteiger partial charge in [-0.05, 0) is 42.6 Å². The Morgan fingerprint density at radius 1 is 1.08 bits per heavy atom. The second-order valence-corrected chi connectivity index (χ2v) is 10.7. The summed E-state index contributed by atoms with van der Waals surface area (Å²) in [5, 5.41) is 36.1. The summed E-state index contributed by atoms with van der Waals surface area (Å²) in [5.41, 5.74) is 7.93. The number of aliphatic carboxylic acids is 2. The lowest BCUT2D eigenvalue weighted by Crippen LogP contribution is -2.39. The minimum atomic E-state index is -2.27. The van der Waals surface area contributed by atoms with Crippen molar-refractivity contribution < 1.29 is 44.3 Å². The van der Waals surface area contributed by atoms with Crippen molar-refractivity contribution in [2.75, 3.05) is 51.7 Å². The maximum absolute atomic E-state index is 12.7. The third kappa shape index (κ3) is 6.32. The summed E-state index contributed by atoms with van der Waals surface area (Å²) in [7, 11) is 0. The molecule has 1 aliphatic carbocycles. The molecule has 7 N–H and O–H groups in total. The number of benzene rings is 1. The predicted octanol–water partition coefficient (Wildman–Crippen LogP) is 0.0687. The summed E-state index contributed by atoms with van der Waals surface area (Å²) in [4.78, 5) is 34.9. The number of nitrogens with two attached hydrogens (primary N) is 1. The molecule has 3 fully saturated rings. The van der Waals surface area contributed by atoms with Gasteiger partial charge in [-0.3, -0.25) is 4.79 Å². The average molecular weight is 556 g/mol. The van der Waals surface area contributed by atoms with E-state index in [2.05, 4.69) is 10.2 Å². The van der Waals surface area contributed by atoms with Gasteiger partial charge in [0.15, 0.2) is 12.2 Å². The highest BCUT2D eigenvalue weighted by atomic mass is 35.5. The lowest BCUT2D eigenvalue weighted by atomic mass is 9.99. The standard InChI is InChI=1S/C21H28ClN3O3.C4H6O6/c22-18-7-14(20-13(19(18)23)3-6-28-20)21(26)24-8-15-16-10-25(11-17(15)16)9-12-1-4-27-5-2-12;5-1(3(7)8)2(6)4(9)10/h7,12,15-17H,1-6,8-11,23H2,(H,24,26);1-2,5-6H,(H,7,8)(H,9,10). The van der Waals surface area contributed by atoms with Gasteiger partial charge in [0, 0.05) is 51.4 Å². The first kappa shape index (κ1) is 28.4. The van der Waals surface area contributed by atoms with Gasteiger partial charge in [-0.15, -0.1) is 0 Å². The molecule has 3 heterocycles. The number of aliphatic hydroxyl groups is 2. The molecule has 4 aliphatic rings. The number of anilines is 1. The Bertz CT molecular complexity index is 1040. The van der Waals surface area contributed by atoms with Gasteiger partial charge in [-0.25, -0.2) is 9.59 Å². The maximum atomic E-state index is 12.7. The molecule has 0 spiro atoms. The van der Waals surface area contributed by atoms with E-state index in [4.69, 9.17) is 47.2 Å². The van der Waals surface area contributed by atoms with Crippen molar-refractivity contribution in [1.82, 2.24) is 10.2 Å². The number of carboxylic acids is 2. The molecule has 12 nitrogen and oxygen atoms in total. The number of carbonyl (C=O) groups is 3. The Morgan fingerprint density at radius 3 is 2.26 bits per heavy atom. The average Bonchev–Trinajstić information content (AvgIpc) is 3.23. The molecular weight excluding hydrogens is 522 g/mol. The number of nitrogens with zero attached hydrogens (tertiary/aromatic N) is 1. The minimum absolute atomic E-state index is 0.107. The first-order valence-electron chi connectivity index (χ1n) is 12.7. The van der Waals surface area contributed by atoms with Gasteiger partial charge in [-0.1, -0.05) is 11.6 Å². The zero-order valence-electron chi connectivity index (χ0n) is 20.8. The monoisotopic (exact) mass is 555 g/mol. The van der Waals surface area contributed by atoms with Crippen LogP contribution >= 0.6 is 11.6 Å². The summed E-state index contributed by atoms with van der Waals surface area (Å²) in [5.74, 6) is -0.170. The second kappa shape index (κ2) is 12.0. The van der Waals surface area contributed by atoms with Crippen LogP contribution in [0.5, 0.6) is 5.75 Å². The highest BCUT2D eigenvalue weighted by molar-refractivity contribution is 6.33. The summed E-state index contributed by atoms with van der Waals surface area (Å²) < 4.78 is 11.1. The number of aliphatic hydroxyl groups excluding tert-OH is 2. The van der Waals surface area contributed by atoms with Crippen molar-refractivity contribution in [3.8, 4) is 5.75 Å². The molecule has 5 rings (SSSR count). The number of carbonyl (C=O) groups excluding carboxylic acids is 1. The molecule has 2 saturated heterocycles. The first-order valence-corrected chi connectivity index (χ1v) is 13.1. The Hall–Kier alpha value is -2.64. The van der Waals surface area contributed by atoms with Crippen LogP contribution in [0.25, 0.3) is 0 Å². The van der Waals surface area contributed by atoms with E-state index in [0.29, 0.717) is 41.0 Å². The highest BCUT2D eigenvalue weighted by Crippen LogP contribution is 2.51. The molecule has 4 atom stereocenters. The van der Waals surface area contributed by atoms with Crippen LogP contribution in [0.1, 0.15) is 28.8 Å². The number of hydrogen-bond acceptors (Lipinski definition) is 9. The van der Waals surface area contributed by atoms with Gasteiger partial charge in [0.1, 0.15) is 5.75 Å². The van der Waals surface area contributed by atoms with Crippen molar-refractivity contribution in [2.24, 2.45) is 23.7 Å². The molecule has 0 bridgehead atoms. The third-order valence-electron chi connectivity index (χ3n) is 7.82. The van der Waals surface area contributed by atoms with E-state index in [1.807, 2.05) is 0 Å². The summed E-state index contributed by atoms with van der Waals surface area (Å²) >= 11 is 6.22. The fourth-order valence-electron chi connectivity index (χ4n) is 5.59. The lowest BCUT2D eigenvalue weighted by molar-refractivity contribution is -0.165. The zero-order valence-corrected chi connectivity index (χ0v) is 21.6. The molecule has 13 heteroatoms. The van der Waals surface area contributed by atoms with E-state index < -0.39 is 24.1 Å². The van der Waals surface area contributed by atoms with E-state index in [1.165, 1.54) is 32.5 Å². The van der Waals surface area contributed by atoms with Gasteiger partial charge in [0.05, 0.1) is 22.9 Å². The Labute approximate surface area is 224 Å². The number of hydrogen-bond donors (Lipinski definition) is 6. The van der Waals surface area contributed by atoms with Crippen LogP contribution in [0.2, 0.25) is 5.02 Å². The van der Waals surface area contributed by atoms with Gasteiger partial charge in [0.25, 0.3) is 5.91 Å². The lowest BCUT2D eigenvalue weighted by Gasteiger charge is -2.28. The molecule has 38 heavy (non-hydrogen) atoms. The molecule has 1 aromatic rings. The van der Waals surface area contributed by atoms with Gasteiger partial charge in [-0.2, -0.15) is 0 Å². The number of nitrogen functional groups attached to an aromatic ring is 1. The molecule has 1 aromatic carbocycles. The molecular formula is C25H34ClN3O9. The summed E-state index contributed by atoms with van der Waals surface area (Å²) in [6, 6.07) is 1.64. The normalized spacial score (nSPS) is 25.7. The Balaban J connectivity index is 0.000000289. The smallest absolute Gasteiger partial charge is 0.335 e. The third-order valence-corrected chi connectivity index (χ3v) is 8.14. The molecule has 1 amide bonds. The van der Waals surface area contributed by atoms with E-state index in [1.54, 1.807) is 6.07 Å². The Morgan fingerprint density at radius 2 is 1.68 bits per heavy atom. The van der Waals surface area contributed by atoms with Crippen molar-refractivity contribution in [1.29, 1.82) is 0 Å². The zero-order chi connectivity index (χ0) is 27.6. The number of fused-ring (bicyclic) bond motifs is 2. The maximum Gasteiger partial charge on any atom is 0.335 e. The van der Waals surface area contributed by atoms with Crippen LogP contribution in [0, 0.1) is 23.7 Å². The molecule has 4 unspecified atom stereocenters. The van der Waals surface area contributed by atoms with Crippen LogP contribution in [0.4, 0.5) is 5.69 Å². The first-order chi connectivity index (χ1) is 18.1. The number of ether oxygens (including phenoxy) is 2. The van der Waals surface area contributed by atoms with Crippen LogP contribution in [0.15, 0.2) is 6.07 Å². The number of rotatable bonds is 8. The quantitative estimate of drug-likeness (QED) is 0.238. The van der Waals surface area contributed by atoms with Crippen LogP contribution in [0.3, 0.4) is 0 Å². The number of carboxylic acid groups (broad SMARTS) is 2. The Kier molecular flexibility index (Phi) is 8.99. The van der Waals surface area contributed by atoms with Crippen LogP contribution in [-0.2, 0) is 20.7 Å². The minimum Gasteiger partial charge on any atom is -0.492 e. The van der Waals surface area contributed by atoms with E-state index in [-0.39, 0.29) is 5.91 Å². The van der Waals surface area contributed by atoms with Crippen LogP contribution in [-0.4, -0.2) is 101 Å². The van der Waals surface area contributed by atoms with E-state index in [0.717, 1.165) is 43.1 Å². The second-order valence-electron chi connectivity index (χ2n) is 10.3. The fourth-order valence-corrected chi connectivity index (χ4v) is 5.82. The van der Waals surface area contributed by atoms with Gasteiger partial charge >= 0.3 is 11.9 Å². The number of piperidine rings is 1. The molecule has 3 aliphatic heterocycles. The SMILES string of the molecule is Nc1c(Cl)cc(C(=O)NCC2C3CN(CC4CCOCC4)CC23)c2c1CCO2.O=C(O)C(O)C(O)C(=O)O. The van der Waals surface area contributed by atoms with Crippen molar-refractivity contribution in [3.05, 3.63) is 22.2 Å². The molecule has 0 aromatic heterocycles. The number of nitrogens with one attached hydrogen (secondary N) is 1. The predicted molar refractivity (Wildman–Crippen MR) is 135 cm³/mol. The molecule has 0 radical (unpaired) electrons. The topological polar surface area (TPSA) is 192 Å². The molecule has 1 saturated carbocycles. The molecule has 210 valence electrons. The van der Waals surface area contributed by atoms with Crippen LogP contribution < -0.4 is 15.8 Å². The van der Waals surface area contributed by atoms with Crippen molar-refractivity contribution in [2.45, 2.75) is 31.5 Å². The van der Waals surface area contributed by atoms with E-state index in [9.17, 15) is 14.4 Å².